The second kappa shape index (κ2) is 15.3. The molecule has 0 amide bonds. The van der Waals surface area contributed by atoms with Crippen LogP contribution in [-0.2, 0) is 38.5 Å². The molecule has 254 valence electrons. The van der Waals surface area contributed by atoms with Gasteiger partial charge in [0.15, 0.2) is 23.0 Å². The van der Waals surface area contributed by atoms with Crippen molar-refractivity contribution in [2.75, 3.05) is 0 Å². The summed E-state index contributed by atoms with van der Waals surface area (Å²) in [6, 6.07) is 35.0. The molecule has 6 aromatic rings. The Morgan fingerprint density at radius 2 is 0.720 bits per heavy atom. The zero-order chi connectivity index (χ0) is 35.0. The molecule has 0 aliphatic carbocycles. The normalized spacial score (nSPS) is 11.0. The summed E-state index contributed by atoms with van der Waals surface area (Å²) in [6.45, 7) is 0. The highest BCUT2D eigenvalue weighted by atomic mass is 16.5. The number of benzene rings is 6. The van der Waals surface area contributed by atoms with E-state index in [2.05, 4.69) is 0 Å². The molecule has 0 saturated heterocycles. The van der Waals surface area contributed by atoms with Crippen LogP contribution in [0.2, 0.25) is 0 Å². The first-order valence-electron chi connectivity index (χ1n) is 16.4. The van der Waals surface area contributed by atoms with E-state index >= 15 is 0 Å². The van der Waals surface area contributed by atoms with Gasteiger partial charge in [-0.05, 0) is 133 Å². The minimum Gasteiger partial charge on any atom is -0.508 e. The van der Waals surface area contributed by atoms with Crippen molar-refractivity contribution in [1.29, 1.82) is 0 Å². The fourth-order valence-corrected chi connectivity index (χ4v) is 5.74. The first kappa shape index (κ1) is 33.6. The fraction of sp³-hybridized carbons (Fsp3) is 0.143. The van der Waals surface area contributed by atoms with Crippen molar-refractivity contribution >= 4 is 0 Å². The Kier molecular flexibility index (Phi) is 10.3. The van der Waals surface area contributed by atoms with E-state index < -0.39 is 0 Å². The Balaban J connectivity index is 1.02. The average molecular weight is 671 g/mol. The molecule has 0 atom stereocenters. The summed E-state index contributed by atoms with van der Waals surface area (Å²) in [7, 11) is 0. The van der Waals surface area contributed by atoms with Gasteiger partial charge in [-0.3, -0.25) is 0 Å². The maximum absolute atomic E-state index is 10.4. The standard InChI is InChI=1S/C42H38O8/c43-33-5-1-3-29(21-33)9-15-31-23-41(39(47)25-37(31)45)49-35-17-11-27(12-18-35)7-8-28-13-19-36(20-14-28)50-42-24-32(38(46)26-40(42)48)16-10-30-4-2-6-34(44)22-30/h1-6,11-14,17-26,43-48H,7-10,15-16H2. The zero-order valence-electron chi connectivity index (χ0n) is 27.3. The lowest BCUT2D eigenvalue weighted by molar-refractivity contribution is 0.401. The molecule has 8 nitrogen and oxygen atoms in total. The van der Waals surface area contributed by atoms with Crippen LogP contribution in [0.25, 0.3) is 0 Å². The average Bonchev–Trinajstić information content (AvgIpc) is 3.10. The van der Waals surface area contributed by atoms with Crippen molar-refractivity contribution in [3.8, 4) is 57.5 Å². The van der Waals surface area contributed by atoms with Crippen molar-refractivity contribution < 1.29 is 40.1 Å². The summed E-state index contributed by atoms with van der Waals surface area (Å²) in [5, 5.41) is 61.0. The highest BCUT2D eigenvalue weighted by Gasteiger charge is 2.13. The van der Waals surface area contributed by atoms with Crippen LogP contribution in [0.5, 0.6) is 57.5 Å². The lowest BCUT2D eigenvalue weighted by Gasteiger charge is -2.13. The fourth-order valence-electron chi connectivity index (χ4n) is 5.74. The van der Waals surface area contributed by atoms with E-state index in [-0.39, 0.29) is 46.0 Å². The van der Waals surface area contributed by atoms with Crippen LogP contribution in [0, 0.1) is 0 Å². The number of rotatable bonds is 13. The van der Waals surface area contributed by atoms with Gasteiger partial charge in [-0.25, -0.2) is 0 Å². The van der Waals surface area contributed by atoms with E-state index in [0.717, 1.165) is 35.1 Å². The van der Waals surface area contributed by atoms with Crippen LogP contribution in [0.3, 0.4) is 0 Å². The number of aromatic hydroxyl groups is 6. The summed E-state index contributed by atoms with van der Waals surface area (Å²) < 4.78 is 11.9. The number of hydrogen-bond acceptors (Lipinski definition) is 8. The summed E-state index contributed by atoms with van der Waals surface area (Å²) in [6.07, 6.45) is 3.77. The van der Waals surface area contributed by atoms with Gasteiger partial charge in [0.2, 0.25) is 0 Å². The molecular weight excluding hydrogens is 632 g/mol. The molecule has 0 fully saturated rings. The number of ether oxygens (including phenoxy) is 2. The van der Waals surface area contributed by atoms with Gasteiger partial charge in [0.1, 0.15) is 34.5 Å². The van der Waals surface area contributed by atoms with Crippen molar-refractivity contribution in [2.24, 2.45) is 0 Å². The highest BCUT2D eigenvalue weighted by Crippen LogP contribution is 2.38. The lowest BCUT2D eigenvalue weighted by Crippen LogP contribution is -1.95. The van der Waals surface area contributed by atoms with Gasteiger partial charge in [0.25, 0.3) is 0 Å². The quantitative estimate of drug-likeness (QED) is 0.0716. The molecule has 6 rings (SSSR count). The van der Waals surface area contributed by atoms with Crippen LogP contribution in [0.15, 0.2) is 121 Å². The minimum atomic E-state index is -0.161. The summed E-state index contributed by atoms with van der Waals surface area (Å²) in [5.41, 5.74) is 5.32. The molecule has 6 N–H and O–H groups in total. The first-order valence-corrected chi connectivity index (χ1v) is 16.4. The minimum absolute atomic E-state index is 0.0183. The Hall–Kier alpha value is -6.28. The number of phenols is 6. The second-order valence-corrected chi connectivity index (χ2v) is 12.2. The molecule has 0 aromatic heterocycles. The monoisotopic (exact) mass is 670 g/mol. The topological polar surface area (TPSA) is 140 Å². The van der Waals surface area contributed by atoms with E-state index in [1.807, 2.05) is 60.7 Å². The van der Waals surface area contributed by atoms with Crippen molar-refractivity contribution in [2.45, 2.75) is 38.5 Å². The Morgan fingerprint density at radius 1 is 0.340 bits per heavy atom. The van der Waals surface area contributed by atoms with Gasteiger partial charge < -0.3 is 40.1 Å². The van der Waals surface area contributed by atoms with Crippen molar-refractivity contribution in [3.63, 3.8) is 0 Å². The summed E-state index contributed by atoms with van der Waals surface area (Å²) in [4.78, 5) is 0. The van der Waals surface area contributed by atoms with Crippen LogP contribution in [0.4, 0.5) is 0 Å². The predicted octanol–water partition coefficient (Wildman–Crippen LogP) is 8.86. The SMILES string of the molecule is Oc1cccc(CCc2cc(Oc3ccc(CCc4ccc(Oc5cc(CCc6cccc(O)c6)c(O)cc5O)cc4)cc3)c(O)cc2O)c1. The maximum atomic E-state index is 10.4. The predicted molar refractivity (Wildman–Crippen MR) is 191 cm³/mol. The first-order chi connectivity index (χ1) is 24.2. The highest BCUT2D eigenvalue weighted by molar-refractivity contribution is 5.52. The van der Waals surface area contributed by atoms with E-state index in [1.165, 1.54) is 12.1 Å². The molecule has 0 unspecified atom stereocenters. The molecule has 0 aliphatic rings. The second-order valence-electron chi connectivity index (χ2n) is 12.2. The molecule has 0 saturated carbocycles. The van der Waals surface area contributed by atoms with Crippen molar-refractivity contribution in [1.82, 2.24) is 0 Å². The van der Waals surface area contributed by atoms with E-state index in [0.29, 0.717) is 48.3 Å². The molecule has 0 spiro atoms. The Bertz CT molecular complexity index is 1920. The van der Waals surface area contributed by atoms with Crippen LogP contribution >= 0.6 is 0 Å². The number of phenolic OH excluding ortho intramolecular Hbond substituents is 6. The van der Waals surface area contributed by atoms with Gasteiger partial charge in [0, 0.05) is 12.1 Å². The van der Waals surface area contributed by atoms with Crippen LogP contribution < -0.4 is 9.47 Å². The molecule has 8 heteroatoms. The third-order valence-electron chi connectivity index (χ3n) is 8.51. The third kappa shape index (κ3) is 8.79. The third-order valence-corrected chi connectivity index (χ3v) is 8.51. The zero-order valence-corrected chi connectivity index (χ0v) is 27.3. The maximum Gasteiger partial charge on any atom is 0.169 e. The van der Waals surface area contributed by atoms with Gasteiger partial charge in [0.05, 0.1) is 0 Å². The lowest BCUT2D eigenvalue weighted by atomic mass is 10.0. The van der Waals surface area contributed by atoms with E-state index in [9.17, 15) is 30.6 Å². The summed E-state index contributed by atoms with van der Waals surface area (Å²) >= 11 is 0. The van der Waals surface area contributed by atoms with Crippen LogP contribution in [0.1, 0.15) is 33.4 Å². The molecular formula is C42H38O8. The Labute approximate surface area is 290 Å². The van der Waals surface area contributed by atoms with Gasteiger partial charge in [-0.2, -0.15) is 0 Å². The van der Waals surface area contributed by atoms with Gasteiger partial charge in [-0.15, -0.1) is 0 Å². The summed E-state index contributed by atoms with van der Waals surface area (Å²) in [5.74, 6) is 1.61. The molecule has 0 heterocycles. The largest absolute Gasteiger partial charge is 0.508 e. The van der Waals surface area contributed by atoms with Crippen molar-refractivity contribution in [3.05, 3.63) is 155 Å². The number of hydrogen-bond donors (Lipinski definition) is 6. The molecule has 0 bridgehead atoms. The molecule has 0 radical (unpaired) electrons. The smallest absolute Gasteiger partial charge is 0.169 e. The van der Waals surface area contributed by atoms with E-state index in [4.69, 9.17) is 9.47 Å². The van der Waals surface area contributed by atoms with E-state index in [1.54, 1.807) is 48.5 Å². The van der Waals surface area contributed by atoms with Gasteiger partial charge in [-0.1, -0.05) is 48.5 Å². The number of aryl methyl sites for hydroxylation is 6. The van der Waals surface area contributed by atoms with Crippen LogP contribution in [-0.4, -0.2) is 30.6 Å². The molecule has 50 heavy (non-hydrogen) atoms. The Morgan fingerprint density at radius 3 is 1.10 bits per heavy atom. The molecule has 6 aromatic carbocycles. The van der Waals surface area contributed by atoms with Gasteiger partial charge >= 0.3 is 0 Å². The molecule has 0 aliphatic heterocycles.